The van der Waals surface area contributed by atoms with Crippen molar-refractivity contribution in [2.45, 2.75) is 38.6 Å². The van der Waals surface area contributed by atoms with E-state index in [1.807, 2.05) is 0 Å². The summed E-state index contributed by atoms with van der Waals surface area (Å²) >= 11 is 0. The van der Waals surface area contributed by atoms with Crippen LogP contribution in [0, 0.1) is 5.41 Å². The number of carbonyl (C=O) groups excluding carboxylic acids is 2. The number of nitrogens with one attached hydrogen (secondary N) is 2. The summed E-state index contributed by atoms with van der Waals surface area (Å²) in [6.45, 7) is 3.01. The van der Waals surface area contributed by atoms with Gasteiger partial charge in [-0.2, -0.15) is 0 Å². The van der Waals surface area contributed by atoms with Crippen molar-refractivity contribution in [3.8, 4) is 0 Å². The van der Waals surface area contributed by atoms with E-state index in [4.69, 9.17) is 10.8 Å². The van der Waals surface area contributed by atoms with Crippen LogP contribution in [-0.2, 0) is 9.59 Å². The van der Waals surface area contributed by atoms with Crippen molar-refractivity contribution in [1.29, 1.82) is 0 Å². The molecule has 5 N–H and O–H groups in total. The van der Waals surface area contributed by atoms with E-state index < -0.39 is 28.9 Å². The van der Waals surface area contributed by atoms with E-state index in [2.05, 4.69) is 10.6 Å². The zero-order valence-corrected chi connectivity index (χ0v) is 10.6. The largest absolute Gasteiger partial charge is 0.481 e. The molecule has 1 rings (SSSR count). The van der Waals surface area contributed by atoms with Crippen molar-refractivity contribution in [2.24, 2.45) is 11.1 Å². The molecule has 0 saturated heterocycles. The number of nitrogens with two attached hydrogens (primary N) is 1. The van der Waals surface area contributed by atoms with Crippen molar-refractivity contribution in [3.05, 3.63) is 0 Å². The van der Waals surface area contributed by atoms with Crippen LogP contribution >= 0.6 is 0 Å². The Morgan fingerprint density at radius 1 is 1.33 bits per heavy atom. The molecular formula is C11H19N3O4. The molecule has 0 bridgehead atoms. The molecule has 1 fully saturated rings. The molecule has 0 heterocycles. The number of carbonyl (C=O) groups is 3. The van der Waals surface area contributed by atoms with Crippen LogP contribution in [0.25, 0.3) is 0 Å². The maximum Gasteiger partial charge on any atom is 0.315 e. The summed E-state index contributed by atoms with van der Waals surface area (Å²) in [7, 11) is 0. The van der Waals surface area contributed by atoms with Gasteiger partial charge in [0.25, 0.3) is 0 Å². The minimum atomic E-state index is -1.17. The van der Waals surface area contributed by atoms with Crippen molar-refractivity contribution >= 4 is 17.9 Å². The molecule has 0 radical (unpaired) electrons. The van der Waals surface area contributed by atoms with Gasteiger partial charge in [0.05, 0.1) is 5.41 Å². The zero-order chi connectivity index (χ0) is 14.0. The maximum absolute atomic E-state index is 11.5. The number of hydrogen-bond acceptors (Lipinski definition) is 3. The standard InChI is InChI=1S/C11H19N3O4/c1-10(2,7(12)15)14-9(18)13-6-11(8(16)17)4-3-5-11/h3-6H2,1-2H3,(H2,12,15)(H,16,17)(H2,13,14,18). The third-order valence-corrected chi connectivity index (χ3v) is 3.39. The zero-order valence-electron chi connectivity index (χ0n) is 10.6. The second-order valence-electron chi connectivity index (χ2n) is 5.24. The summed E-state index contributed by atoms with van der Waals surface area (Å²) in [5.41, 5.74) is 3.09. The van der Waals surface area contributed by atoms with Crippen LogP contribution in [0.5, 0.6) is 0 Å². The lowest BCUT2D eigenvalue weighted by molar-refractivity contribution is -0.153. The summed E-state index contributed by atoms with van der Waals surface area (Å²) in [6.07, 6.45) is 1.96. The second kappa shape index (κ2) is 4.83. The smallest absolute Gasteiger partial charge is 0.315 e. The first-order chi connectivity index (χ1) is 8.19. The van der Waals surface area contributed by atoms with Gasteiger partial charge >= 0.3 is 12.0 Å². The van der Waals surface area contributed by atoms with E-state index in [-0.39, 0.29) is 6.54 Å². The third kappa shape index (κ3) is 2.91. The minimum Gasteiger partial charge on any atom is -0.481 e. The predicted octanol–water partition coefficient (Wildman–Crippen LogP) is -0.196. The summed E-state index contributed by atoms with van der Waals surface area (Å²) in [4.78, 5) is 33.6. The molecule has 7 heteroatoms. The Bertz CT molecular complexity index is 374. The summed E-state index contributed by atoms with van der Waals surface area (Å²) < 4.78 is 0. The van der Waals surface area contributed by atoms with Gasteiger partial charge in [0.15, 0.2) is 0 Å². The number of carboxylic acid groups (broad SMARTS) is 1. The van der Waals surface area contributed by atoms with Crippen molar-refractivity contribution in [2.75, 3.05) is 6.54 Å². The monoisotopic (exact) mass is 257 g/mol. The van der Waals surface area contributed by atoms with Crippen LogP contribution in [0.3, 0.4) is 0 Å². The van der Waals surface area contributed by atoms with E-state index in [9.17, 15) is 14.4 Å². The summed E-state index contributed by atoms with van der Waals surface area (Å²) in [6, 6.07) is -0.591. The molecule has 0 unspecified atom stereocenters. The quantitative estimate of drug-likeness (QED) is 0.545. The van der Waals surface area contributed by atoms with Gasteiger partial charge in [-0.25, -0.2) is 4.79 Å². The highest BCUT2D eigenvalue weighted by Gasteiger charge is 2.44. The molecule has 3 amide bonds. The maximum atomic E-state index is 11.5. The Morgan fingerprint density at radius 2 is 1.89 bits per heavy atom. The first kappa shape index (κ1) is 14.3. The highest BCUT2D eigenvalue weighted by molar-refractivity contribution is 5.89. The van der Waals surface area contributed by atoms with Crippen molar-refractivity contribution < 1.29 is 19.5 Å². The van der Waals surface area contributed by atoms with Gasteiger partial charge in [-0.3, -0.25) is 9.59 Å². The molecule has 0 aromatic rings. The number of aliphatic carboxylic acids is 1. The van der Waals surface area contributed by atoms with Crippen molar-refractivity contribution in [3.63, 3.8) is 0 Å². The molecule has 1 aliphatic carbocycles. The van der Waals surface area contributed by atoms with Crippen LogP contribution in [0.1, 0.15) is 33.1 Å². The average Bonchev–Trinajstić information content (AvgIpc) is 2.13. The predicted molar refractivity (Wildman–Crippen MR) is 63.7 cm³/mol. The molecule has 102 valence electrons. The Hall–Kier alpha value is -1.79. The third-order valence-electron chi connectivity index (χ3n) is 3.39. The lowest BCUT2D eigenvalue weighted by Crippen LogP contribution is -2.57. The number of hydrogen-bond donors (Lipinski definition) is 4. The number of amides is 3. The Morgan fingerprint density at radius 3 is 2.22 bits per heavy atom. The SMILES string of the molecule is CC(C)(NC(=O)NCC1(C(=O)O)CCC1)C(N)=O. The summed E-state index contributed by atoms with van der Waals surface area (Å²) in [5.74, 6) is -1.56. The Kier molecular flexibility index (Phi) is 3.83. The molecule has 18 heavy (non-hydrogen) atoms. The highest BCUT2D eigenvalue weighted by Crippen LogP contribution is 2.40. The molecule has 0 spiro atoms. The van der Waals surface area contributed by atoms with Crippen LogP contribution in [0.2, 0.25) is 0 Å². The van der Waals surface area contributed by atoms with Gasteiger partial charge in [-0.05, 0) is 26.7 Å². The van der Waals surface area contributed by atoms with Crippen LogP contribution in [-0.4, -0.2) is 35.1 Å². The van der Waals surface area contributed by atoms with Gasteiger partial charge in [0, 0.05) is 6.54 Å². The van der Waals surface area contributed by atoms with E-state index >= 15 is 0 Å². The van der Waals surface area contributed by atoms with E-state index in [0.717, 1.165) is 6.42 Å². The average molecular weight is 257 g/mol. The Labute approximate surface area is 105 Å². The van der Waals surface area contributed by atoms with Crippen LogP contribution in [0.4, 0.5) is 4.79 Å². The molecule has 0 aromatic carbocycles. The fourth-order valence-corrected chi connectivity index (χ4v) is 1.71. The van der Waals surface area contributed by atoms with Gasteiger partial charge in [-0.15, -0.1) is 0 Å². The van der Waals surface area contributed by atoms with Gasteiger partial charge in [0.1, 0.15) is 5.54 Å². The minimum absolute atomic E-state index is 0.0585. The first-order valence-electron chi connectivity index (χ1n) is 5.79. The number of urea groups is 1. The second-order valence-corrected chi connectivity index (χ2v) is 5.24. The fraction of sp³-hybridized carbons (Fsp3) is 0.727. The van der Waals surface area contributed by atoms with Gasteiger partial charge in [0.2, 0.25) is 5.91 Å². The molecule has 0 aromatic heterocycles. The van der Waals surface area contributed by atoms with E-state index in [1.54, 1.807) is 0 Å². The highest BCUT2D eigenvalue weighted by atomic mass is 16.4. The number of primary amides is 1. The lowest BCUT2D eigenvalue weighted by atomic mass is 9.69. The molecule has 0 aliphatic heterocycles. The normalized spacial score (nSPS) is 17.4. The molecular weight excluding hydrogens is 238 g/mol. The van der Waals surface area contributed by atoms with Crippen molar-refractivity contribution in [1.82, 2.24) is 10.6 Å². The molecule has 1 saturated carbocycles. The molecule has 1 aliphatic rings. The van der Waals surface area contributed by atoms with Crippen LogP contribution in [0.15, 0.2) is 0 Å². The molecule has 7 nitrogen and oxygen atoms in total. The first-order valence-corrected chi connectivity index (χ1v) is 5.79. The number of rotatable bonds is 5. The Balaban J connectivity index is 2.47. The lowest BCUT2D eigenvalue weighted by Gasteiger charge is -2.37. The summed E-state index contributed by atoms with van der Waals surface area (Å²) in [5, 5.41) is 13.9. The number of carboxylic acids is 1. The fourth-order valence-electron chi connectivity index (χ4n) is 1.71. The molecule has 0 atom stereocenters. The van der Waals surface area contributed by atoms with Gasteiger partial charge < -0.3 is 21.5 Å². The van der Waals surface area contributed by atoms with E-state index in [1.165, 1.54) is 13.8 Å². The topological polar surface area (TPSA) is 122 Å². The van der Waals surface area contributed by atoms with Crippen LogP contribution < -0.4 is 16.4 Å². The van der Waals surface area contributed by atoms with Gasteiger partial charge in [-0.1, -0.05) is 6.42 Å². The van der Waals surface area contributed by atoms with E-state index in [0.29, 0.717) is 12.8 Å².